The van der Waals surface area contributed by atoms with E-state index in [4.69, 9.17) is 11.6 Å². The summed E-state index contributed by atoms with van der Waals surface area (Å²) in [5.74, 6) is -1.56. The van der Waals surface area contributed by atoms with Gasteiger partial charge in [0, 0.05) is 18.7 Å². The van der Waals surface area contributed by atoms with E-state index in [1.165, 1.54) is 17.4 Å². The van der Waals surface area contributed by atoms with Gasteiger partial charge in [0.1, 0.15) is 5.01 Å². The van der Waals surface area contributed by atoms with Gasteiger partial charge in [0.05, 0.1) is 16.5 Å². The van der Waals surface area contributed by atoms with Gasteiger partial charge in [-0.1, -0.05) is 22.9 Å². The molecule has 138 valence electrons. The van der Waals surface area contributed by atoms with Crippen molar-refractivity contribution in [2.24, 2.45) is 5.92 Å². The molecule has 2 aromatic rings. The Hall–Kier alpha value is -2.20. The second-order valence-electron chi connectivity index (χ2n) is 5.68. The smallest absolute Gasteiger partial charge is 0.312 e. The first-order valence-electron chi connectivity index (χ1n) is 7.43. The molecular weight excluding hydrogens is 393 g/mol. The molecule has 1 N–H and O–H groups in total. The lowest BCUT2D eigenvalue weighted by molar-refractivity contribution is -0.137. The molecule has 0 radical (unpaired) electrons. The van der Waals surface area contributed by atoms with E-state index in [0.29, 0.717) is 10.1 Å². The van der Waals surface area contributed by atoms with E-state index in [2.05, 4.69) is 15.5 Å². The number of amides is 2. The Morgan fingerprint density at radius 3 is 2.73 bits per heavy atom. The van der Waals surface area contributed by atoms with E-state index in [-0.39, 0.29) is 18.7 Å². The summed E-state index contributed by atoms with van der Waals surface area (Å²) in [7, 11) is 0. The zero-order chi connectivity index (χ0) is 19.1. The van der Waals surface area contributed by atoms with Crippen molar-refractivity contribution in [1.82, 2.24) is 10.2 Å². The number of hydrogen-bond donors (Lipinski definition) is 1. The van der Waals surface area contributed by atoms with Crippen LogP contribution in [0.15, 0.2) is 18.2 Å². The normalized spacial score (nSPS) is 17.7. The van der Waals surface area contributed by atoms with E-state index in [0.717, 1.165) is 17.0 Å². The summed E-state index contributed by atoms with van der Waals surface area (Å²) in [5.41, 5.74) is -0.976. The SMILES string of the molecule is Cc1nnc(NC(=O)[C@@H]2CC(=O)N(c3ccc(Cl)c(C(F)(F)F)c3)C2)s1. The Labute approximate surface area is 155 Å². The number of benzene rings is 1. The molecule has 1 aromatic carbocycles. The summed E-state index contributed by atoms with van der Waals surface area (Å²) >= 11 is 6.78. The number of carbonyl (C=O) groups excluding carboxylic acids is 2. The molecule has 1 aliphatic rings. The monoisotopic (exact) mass is 404 g/mol. The van der Waals surface area contributed by atoms with Gasteiger partial charge in [0.15, 0.2) is 0 Å². The van der Waals surface area contributed by atoms with E-state index >= 15 is 0 Å². The van der Waals surface area contributed by atoms with Crippen LogP contribution in [0.3, 0.4) is 0 Å². The molecule has 11 heteroatoms. The van der Waals surface area contributed by atoms with Gasteiger partial charge in [0.2, 0.25) is 16.9 Å². The summed E-state index contributed by atoms with van der Waals surface area (Å²) in [6, 6.07) is 3.23. The molecule has 1 aliphatic heterocycles. The van der Waals surface area contributed by atoms with Crippen molar-refractivity contribution < 1.29 is 22.8 Å². The van der Waals surface area contributed by atoms with Crippen molar-refractivity contribution in [2.75, 3.05) is 16.8 Å². The standard InChI is InChI=1S/C15H12ClF3N4O2S/c1-7-21-22-14(26-7)20-13(25)8-4-12(24)23(6-8)9-2-3-11(16)10(5-9)15(17,18)19/h2-3,5,8H,4,6H2,1H3,(H,20,22,25)/t8-/m1/s1. The minimum Gasteiger partial charge on any atom is -0.312 e. The van der Waals surface area contributed by atoms with Crippen LogP contribution in [0.25, 0.3) is 0 Å². The number of aromatic nitrogens is 2. The number of rotatable bonds is 3. The molecule has 0 saturated carbocycles. The third-order valence-electron chi connectivity index (χ3n) is 3.82. The Morgan fingerprint density at radius 1 is 1.38 bits per heavy atom. The number of hydrogen-bond acceptors (Lipinski definition) is 5. The third-order valence-corrected chi connectivity index (χ3v) is 4.90. The fourth-order valence-electron chi connectivity index (χ4n) is 2.59. The molecule has 1 atom stereocenters. The quantitative estimate of drug-likeness (QED) is 0.849. The van der Waals surface area contributed by atoms with Crippen LogP contribution in [0.2, 0.25) is 5.02 Å². The maximum Gasteiger partial charge on any atom is 0.417 e. The van der Waals surface area contributed by atoms with Gasteiger partial charge in [-0.15, -0.1) is 10.2 Å². The summed E-state index contributed by atoms with van der Waals surface area (Å²) in [6.07, 6.45) is -4.74. The molecule has 1 aromatic heterocycles. The fraction of sp³-hybridized carbons (Fsp3) is 0.333. The van der Waals surface area contributed by atoms with Gasteiger partial charge in [-0.05, 0) is 25.1 Å². The van der Waals surface area contributed by atoms with Crippen LogP contribution >= 0.6 is 22.9 Å². The van der Waals surface area contributed by atoms with Gasteiger partial charge in [-0.25, -0.2) is 0 Å². The first kappa shape index (κ1) is 18.6. The predicted octanol–water partition coefficient (Wildman–Crippen LogP) is 3.51. The van der Waals surface area contributed by atoms with E-state index in [1.807, 2.05) is 0 Å². The van der Waals surface area contributed by atoms with Crippen LogP contribution in [0.1, 0.15) is 17.0 Å². The Balaban J connectivity index is 1.76. The van der Waals surface area contributed by atoms with Crippen molar-refractivity contribution >= 4 is 45.6 Å². The second kappa shape index (κ2) is 6.84. The number of nitrogens with one attached hydrogen (secondary N) is 1. The molecule has 2 heterocycles. The lowest BCUT2D eigenvalue weighted by Gasteiger charge is -2.19. The van der Waals surface area contributed by atoms with E-state index in [9.17, 15) is 22.8 Å². The third kappa shape index (κ3) is 3.80. The summed E-state index contributed by atoms with van der Waals surface area (Å²) in [5, 5.41) is 10.6. The largest absolute Gasteiger partial charge is 0.417 e. The number of halogens is 4. The van der Waals surface area contributed by atoms with Crippen molar-refractivity contribution in [2.45, 2.75) is 19.5 Å². The maximum absolute atomic E-state index is 13.0. The van der Waals surface area contributed by atoms with Gasteiger partial charge in [-0.3, -0.25) is 9.59 Å². The second-order valence-corrected chi connectivity index (χ2v) is 7.27. The summed E-state index contributed by atoms with van der Waals surface area (Å²) in [4.78, 5) is 25.6. The highest BCUT2D eigenvalue weighted by Gasteiger charge is 2.38. The molecule has 0 spiro atoms. The maximum atomic E-state index is 13.0. The lowest BCUT2D eigenvalue weighted by atomic mass is 10.1. The molecule has 0 bridgehead atoms. The van der Waals surface area contributed by atoms with Crippen LogP contribution in [0.4, 0.5) is 24.0 Å². The first-order valence-corrected chi connectivity index (χ1v) is 8.62. The Bertz CT molecular complexity index is 871. The highest BCUT2D eigenvalue weighted by atomic mass is 35.5. The highest BCUT2D eigenvalue weighted by molar-refractivity contribution is 7.15. The average Bonchev–Trinajstić information content (AvgIpc) is 3.12. The number of alkyl halides is 3. The molecule has 1 saturated heterocycles. The fourth-order valence-corrected chi connectivity index (χ4v) is 3.41. The van der Waals surface area contributed by atoms with Crippen LogP contribution < -0.4 is 10.2 Å². The summed E-state index contributed by atoms with van der Waals surface area (Å²) < 4.78 is 39.0. The molecular formula is C15H12ClF3N4O2S. The molecule has 2 amide bonds. The van der Waals surface area contributed by atoms with Gasteiger partial charge < -0.3 is 10.2 Å². The molecule has 26 heavy (non-hydrogen) atoms. The van der Waals surface area contributed by atoms with Crippen LogP contribution in [-0.2, 0) is 15.8 Å². The van der Waals surface area contributed by atoms with Crippen LogP contribution in [0, 0.1) is 12.8 Å². The van der Waals surface area contributed by atoms with Crippen LogP contribution in [-0.4, -0.2) is 28.6 Å². The summed E-state index contributed by atoms with van der Waals surface area (Å²) in [6.45, 7) is 1.70. The minimum atomic E-state index is -4.64. The Morgan fingerprint density at radius 2 is 2.12 bits per heavy atom. The topological polar surface area (TPSA) is 75.2 Å². The number of nitrogens with zero attached hydrogens (tertiary/aromatic N) is 3. The average molecular weight is 405 g/mol. The zero-order valence-corrected chi connectivity index (χ0v) is 14.9. The highest BCUT2D eigenvalue weighted by Crippen LogP contribution is 2.38. The van der Waals surface area contributed by atoms with E-state index < -0.39 is 34.5 Å². The molecule has 6 nitrogen and oxygen atoms in total. The molecule has 0 aliphatic carbocycles. The Kier molecular flexibility index (Phi) is 4.89. The van der Waals surface area contributed by atoms with Gasteiger partial charge >= 0.3 is 6.18 Å². The van der Waals surface area contributed by atoms with Gasteiger partial charge in [0.25, 0.3) is 0 Å². The van der Waals surface area contributed by atoms with Crippen molar-refractivity contribution in [3.63, 3.8) is 0 Å². The first-order chi connectivity index (χ1) is 12.1. The molecule has 0 unspecified atom stereocenters. The van der Waals surface area contributed by atoms with Crippen molar-refractivity contribution in [3.05, 3.63) is 33.8 Å². The minimum absolute atomic E-state index is 0.0264. The molecule has 1 fully saturated rings. The number of carbonyl (C=O) groups is 2. The molecule has 3 rings (SSSR count). The van der Waals surface area contributed by atoms with Crippen molar-refractivity contribution in [1.29, 1.82) is 0 Å². The van der Waals surface area contributed by atoms with Crippen molar-refractivity contribution in [3.8, 4) is 0 Å². The van der Waals surface area contributed by atoms with Gasteiger partial charge in [-0.2, -0.15) is 13.2 Å². The number of anilines is 2. The lowest BCUT2D eigenvalue weighted by Crippen LogP contribution is -2.28. The van der Waals surface area contributed by atoms with Crippen LogP contribution in [0.5, 0.6) is 0 Å². The number of aryl methyl sites for hydroxylation is 1. The van der Waals surface area contributed by atoms with E-state index in [1.54, 1.807) is 6.92 Å². The predicted molar refractivity (Wildman–Crippen MR) is 90.2 cm³/mol. The zero-order valence-electron chi connectivity index (χ0n) is 13.3.